The lowest BCUT2D eigenvalue weighted by molar-refractivity contribution is 0.0506. The highest BCUT2D eigenvalue weighted by molar-refractivity contribution is 8.14. The van der Waals surface area contributed by atoms with E-state index in [-0.39, 0.29) is 22.1 Å². The van der Waals surface area contributed by atoms with Crippen LogP contribution in [0.2, 0.25) is 0 Å². The zero-order valence-electron chi connectivity index (χ0n) is 14.4. The van der Waals surface area contributed by atoms with Gasteiger partial charge in [0.1, 0.15) is 5.60 Å². The molecular weight excluding hydrogens is 319 g/mol. The largest absolute Gasteiger partial charge is 0.444 e. The molecule has 0 aromatic carbocycles. The van der Waals surface area contributed by atoms with E-state index in [1.807, 2.05) is 46.4 Å². The van der Waals surface area contributed by atoms with Crippen molar-refractivity contribution in [3.63, 3.8) is 0 Å². The fraction of sp³-hybridized carbons (Fsp3) is 0.867. The van der Waals surface area contributed by atoms with E-state index in [0.717, 1.165) is 12.6 Å². The Hall–Kier alpha value is -0.480. The van der Waals surface area contributed by atoms with Gasteiger partial charge in [-0.15, -0.1) is 9.24 Å². The average Bonchev–Trinajstić information content (AvgIpc) is 2.66. The number of rotatable bonds is 2. The van der Waals surface area contributed by atoms with Crippen LogP contribution in [-0.4, -0.2) is 51.4 Å². The third-order valence-corrected chi connectivity index (χ3v) is 4.60. The van der Waals surface area contributed by atoms with Gasteiger partial charge in [0, 0.05) is 17.3 Å². The zero-order valence-corrected chi connectivity index (χ0v) is 16.4. The van der Waals surface area contributed by atoms with Crippen LogP contribution in [0, 0.1) is 0 Å². The second kappa shape index (κ2) is 7.39. The van der Waals surface area contributed by atoms with Gasteiger partial charge in [0.25, 0.3) is 5.24 Å². The van der Waals surface area contributed by atoms with Crippen LogP contribution in [0.3, 0.4) is 0 Å². The van der Waals surface area contributed by atoms with Gasteiger partial charge >= 0.3 is 6.09 Å². The highest BCUT2D eigenvalue weighted by atomic mass is 32.2. The maximum atomic E-state index is 12.4. The second-order valence-electron chi connectivity index (χ2n) is 7.60. The van der Waals surface area contributed by atoms with Crippen molar-refractivity contribution in [1.29, 1.82) is 0 Å². The Kier molecular flexibility index (Phi) is 6.58. The van der Waals surface area contributed by atoms with Gasteiger partial charge in [-0.3, -0.25) is 4.79 Å². The number of alkyl carbamates (subject to hydrolysis) is 1. The molecule has 22 heavy (non-hydrogen) atoms. The molecule has 1 saturated heterocycles. The average molecular weight is 348 g/mol. The molecule has 1 rings (SSSR count). The standard InChI is InChI=1S/C15H29N2O3PS/c1-14(2,3)20-12(18)16-10-7-11(9-21)17(8-10)13(19)22-15(4,5)6/h10-11H,7-9,21H2,1-6H3,(H,16,18)/t10-,11-/m0/s1. The highest BCUT2D eigenvalue weighted by Crippen LogP contribution is 2.31. The number of likely N-dealkylation sites (tertiary alicyclic amines) is 1. The molecule has 7 heteroatoms. The van der Waals surface area contributed by atoms with Crippen LogP contribution < -0.4 is 5.32 Å². The van der Waals surface area contributed by atoms with E-state index >= 15 is 0 Å². The van der Waals surface area contributed by atoms with Gasteiger partial charge < -0.3 is 15.0 Å². The number of nitrogens with zero attached hydrogens (tertiary/aromatic N) is 1. The van der Waals surface area contributed by atoms with E-state index < -0.39 is 11.7 Å². The molecule has 1 heterocycles. The Morgan fingerprint density at radius 1 is 1.27 bits per heavy atom. The fourth-order valence-corrected chi connectivity index (χ4v) is 3.57. The van der Waals surface area contributed by atoms with Gasteiger partial charge in [-0.25, -0.2) is 4.79 Å². The summed E-state index contributed by atoms with van der Waals surface area (Å²) in [6.45, 7) is 12.1. The quantitative estimate of drug-likeness (QED) is 0.776. The van der Waals surface area contributed by atoms with E-state index in [9.17, 15) is 9.59 Å². The van der Waals surface area contributed by atoms with Crippen LogP contribution in [-0.2, 0) is 4.74 Å². The van der Waals surface area contributed by atoms with Crippen LogP contribution in [0.25, 0.3) is 0 Å². The number of hydrogen-bond donors (Lipinski definition) is 1. The number of hydrogen-bond acceptors (Lipinski definition) is 4. The van der Waals surface area contributed by atoms with Crippen LogP contribution in [0.15, 0.2) is 0 Å². The molecule has 0 aromatic heterocycles. The molecule has 1 fully saturated rings. The van der Waals surface area contributed by atoms with Gasteiger partial charge in [0.05, 0.1) is 6.04 Å². The molecule has 0 bridgehead atoms. The summed E-state index contributed by atoms with van der Waals surface area (Å²) in [6.07, 6.45) is 1.15. The van der Waals surface area contributed by atoms with Crippen LogP contribution in [0.4, 0.5) is 9.59 Å². The van der Waals surface area contributed by atoms with Crippen LogP contribution in [0.1, 0.15) is 48.0 Å². The second-order valence-corrected chi connectivity index (χ2v) is 9.85. The van der Waals surface area contributed by atoms with Crippen LogP contribution in [0.5, 0.6) is 0 Å². The molecule has 0 spiro atoms. The summed E-state index contributed by atoms with van der Waals surface area (Å²) >= 11 is 1.34. The first-order valence-electron chi connectivity index (χ1n) is 7.60. The Bertz CT molecular complexity index is 418. The van der Waals surface area contributed by atoms with Gasteiger partial charge in [-0.2, -0.15) is 0 Å². The summed E-state index contributed by atoms with van der Waals surface area (Å²) in [5.74, 6) is 0. The number of amides is 2. The predicted molar refractivity (Wildman–Crippen MR) is 95.6 cm³/mol. The molecule has 1 aliphatic rings. The maximum absolute atomic E-state index is 12.4. The van der Waals surface area contributed by atoms with E-state index in [1.54, 1.807) is 0 Å². The molecule has 3 atom stereocenters. The SMILES string of the molecule is CC(C)(C)OC(=O)N[C@H]1C[C@@H](CP)N(C(=O)SC(C)(C)C)C1. The molecule has 0 aliphatic carbocycles. The fourth-order valence-electron chi connectivity index (χ4n) is 2.26. The first-order chi connectivity index (χ1) is 9.91. The van der Waals surface area contributed by atoms with E-state index in [4.69, 9.17) is 4.74 Å². The molecule has 128 valence electrons. The van der Waals surface area contributed by atoms with E-state index in [2.05, 4.69) is 14.6 Å². The Morgan fingerprint density at radius 3 is 2.32 bits per heavy atom. The van der Waals surface area contributed by atoms with Gasteiger partial charge in [-0.1, -0.05) is 32.5 Å². The van der Waals surface area contributed by atoms with Crippen molar-refractivity contribution < 1.29 is 14.3 Å². The Balaban J connectivity index is 2.61. The summed E-state index contributed by atoms with van der Waals surface area (Å²) in [5, 5.41) is 2.95. The van der Waals surface area contributed by atoms with Crippen molar-refractivity contribution in [2.24, 2.45) is 0 Å². The molecule has 5 nitrogen and oxygen atoms in total. The third kappa shape index (κ3) is 6.74. The topological polar surface area (TPSA) is 58.6 Å². The van der Waals surface area contributed by atoms with Crippen molar-refractivity contribution in [2.45, 2.75) is 70.4 Å². The maximum Gasteiger partial charge on any atom is 0.407 e. The molecule has 1 aliphatic heterocycles. The van der Waals surface area contributed by atoms with Gasteiger partial charge in [-0.05, 0) is 33.4 Å². The highest BCUT2D eigenvalue weighted by Gasteiger charge is 2.37. The molecule has 0 radical (unpaired) electrons. The minimum Gasteiger partial charge on any atom is -0.444 e. The zero-order chi connectivity index (χ0) is 17.1. The number of carbonyl (C=O) groups is 2. The molecule has 1 unspecified atom stereocenters. The van der Waals surface area contributed by atoms with E-state index in [1.165, 1.54) is 11.8 Å². The van der Waals surface area contributed by atoms with Crippen molar-refractivity contribution in [1.82, 2.24) is 10.2 Å². The van der Waals surface area contributed by atoms with Gasteiger partial charge in [0.2, 0.25) is 0 Å². The number of ether oxygens (including phenoxy) is 1. The van der Waals surface area contributed by atoms with Crippen molar-refractivity contribution >= 4 is 32.3 Å². The molecular formula is C15H29N2O3PS. The summed E-state index contributed by atoms with van der Waals surface area (Å²) in [6, 6.07) is 0.0946. The van der Waals surface area contributed by atoms with Crippen LogP contribution >= 0.6 is 21.0 Å². The van der Waals surface area contributed by atoms with Crippen molar-refractivity contribution in [3.8, 4) is 0 Å². The lowest BCUT2D eigenvalue weighted by atomic mass is 10.2. The van der Waals surface area contributed by atoms with E-state index in [0.29, 0.717) is 6.54 Å². The molecule has 1 N–H and O–H groups in total. The predicted octanol–water partition coefficient (Wildman–Crippen LogP) is 3.48. The summed E-state index contributed by atoms with van der Waals surface area (Å²) < 4.78 is 5.17. The minimum absolute atomic E-state index is 0.0510. The lowest BCUT2D eigenvalue weighted by Crippen LogP contribution is -2.41. The minimum atomic E-state index is -0.514. The monoisotopic (exact) mass is 348 g/mol. The molecule has 0 saturated carbocycles. The number of thioether (sulfide) groups is 1. The molecule has 0 aromatic rings. The Morgan fingerprint density at radius 2 is 1.86 bits per heavy atom. The smallest absolute Gasteiger partial charge is 0.407 e. The number of nitrogens with one attached hydrogen (secondary N) is 1. The summed E-state index contributed by atoms with van der Waals surface area (Å²) in [4.78, 5) is 26.2. The Labute approximate surface area is 140 Å². The number of carbonyl (C=O) groups excluding carboxylic acids is 2. The van der Waals surface area contributed by atoms with Crippen molar-refractivity contribution in [2.75, 3.05) is 12.7 Å². The first kappa shape index (κ1) is 19.6. The molecule has 2 amide bonds. The lowest BCUT2D eigenvalue weighted by Gasteiger charge is -2.26. The normalized spacial score (nSPS) is 22.6. The van der Waals surface area contributed by atoms with Gasteiger partial charge in [0.15, 0.2) is 0 Å². The first-order valence-corrected chi connectivity index (χ1v) is 9.24. The summed E-state index contributed by atoms with van der Waals surface area (Å²) in [7, 11) is 2.69. The van der Waals surface area contributed by atoms with Crippen molar-refractivity contribution in [3.05, 3.63) is 0 Å². The third-order valence-electron chi connectivity index (χ3n) is 3.04. The summed E-state index contributed by atoms with van der Waals surface area (Å²) in [5.41, 5.74) is -0.514.